The second kappa shape index (κ2) is 5.44. The molecule has 19 heavy (non-hydrogen) atoms. The molecule has 0 atom stereocenters. The van der Waals surface area contributed by atoms with E-state index in [2.05, 4.69) is 0 Å². The molecule has 0 spiro atoms. The van der Waals surface area contributed by atoms with Crippen molar-refractivity contribution in [2.75, 3.05) is 20.1 Å². The monoisotopic (exact) mass is 266 g/mol. The van der Waals surface area contributed by atoms with Gasteiger partial charge >= 0.3 is 0 Å². The van der Waals surface area contributed by atoms with Crippen LogP contribution in [0.15, 0.2) is 12.3 Å². The van der Waals surface area contributed by atoms with E-state index in [0.29, 0.717) is 24.3 Å². The van der Waals surface area contributed by atoms with Crippen LogP contribution in [0.2, 0.25) is 0 Å². The van der Waals surface area contributed by atoms with Crippen molar-refractivity contribution in [2.24, 2.45) is 23.9 Å². The molecule has 0 aromatic carbocycles. The molecule has 1 aromatic heterocycles. The van der Waals surface area contributed by atoms with Gasteiger partial charge in [-0.05, 0) is 18.0 Å². The molecule has 0 saturated heterocycles. The van der Waals surface area contributed by atoms with Crippen LogP contribution in [-0.2, 0) is 7.05 Å². The molecule has 4 N–H and O–H groups in total. The number of primary amides is 1. The summed E-state index contributed by atoms with van der Waals surface area (Å²) in [4.78, 5) is 25.0. The van der Waals surface area contributed by atoms with Crippen LogP contribution in [-0.4, -0.2) is 41.4 Å². The minimum Gasteiger partial charge on any atom is -0.366 e. The fourth-order valence-corrected chi connectivity index (χ4v) is 1.89. The van der Waals surface area contributed by atoms with E-state index < -0.39 is 5.91 Å². The third-order valence-corrected chi connectivity index (χ3v) is 3.07. The Bertz CT molecular complexity index is 491. The van der Waals surface area contributed by atoms with Crippen LogP contribution in [0.3, 0.4) is 0 Å². The third-order valence-electron chi connectivity index (χ3n) is 3.07. The van der Waals surface area contributed by atoms with Gasteiger partial charge in [0.05, 0.1) is 5.56 Å². The van der Waals surface area contributed by atoms with Gasteiger partial charge in [0.25, 0.3) is 5.91 Å². The van der Waals surface area contributed by atoms with E-state index in [9.17, 15) is 9.59 Å². The Hall–Kier alpha value is -1.82. The van der Waals surface area contributed by atoms with Crippen molar-refractivity contribution in [3.8, 4) is 0 Å². The van der Waals surface area contributed by atoms with Crippen LogP contribution >= 0.6 is 0 Å². The van der Waals surface area contributed by atoms with E-state index in [1.807, 2.05) is 13.8 Å². The minimum absolute atomic E-state index is 0.151. The topological polar surface area (TPSA) is 94.3 Å². The molecular weight excluding hydrogens is 244 g/mol. The van der Waals surface area contributed by atoms with E-state index in [-0.39, 0.29) is 11.3 Å². The SMILES string of the molecule is CN(CC(C)(C)CN)C(=O)c1cc(C(N)=O)cn1C. The largest absolute Gasteiger partial charge is 0.366 e. The molecule has 0 fully saturated rings. The first-order valence-electron chi connectivity index (χ1n) is 6.09. The molecule has 0 saturated carbocycles. The molecule has 0 aliphatic heterocycles. The van der Waals surface area contributed by atoms with E-state index in [1.54, 1.807) is 29.8 Å². The maximum Gasteiger partial charge on any atom is 0.270 e. The average molecular weight is 266 g/mol. The van der Waals surface area contributed by atoms with Crippen molar-refractivity contribution in [1.82, 2.24) is 9.47 Å². The van der Waals surface area contributed by atoms with Gasteiger partial charge in [-0.2, -0.15) is 0 Å². The smallest absolute Gasteiger partial charge is 0.270 e. The van der Waals surface area contributed by atoms with Gasteiger partial charge in [-0.15, -0.1) is 0 Å². The molecular formula is C13H22N4O2. The van der Waals surface area contributed by atoms with Gasteiger partial charge < -0.3 is 20.9 Å². The second-order valence-corrected chi connectivity index (χ2v) is 5.62. The molecule has 2 amide bonds. The first kappa shape index (κ1) is 15.2. The Morgan fingerprint density at radius 1 is 1.42 bits per heavy atom. The molecule has 1 rings (SSSR count). The molecule has 0 unspecified atom stereocenters. The van der Waals surface area contributed by atoms with Crippen molar-refractivity contribution < 1.29 is 9.59 Å². The zero-order valence-corrected chi connectivity index (χ0v) is 11.9. The number of nitrogens with two attached hydrogens (primary N) is 2. The Kier molecular flexibility index (Phi) is 4.36. The summed E-state index contributed by atoms with van der Waals surface area (Å²) < 4.78 is 1.61. The number of aromatic nitrogens is 1. The van der Waals surface area contributed by atoms with Gasteiger partial charge in [-0.25, -0.2) is 0 Å². The molecule has 0 radical (unpaired) electrons. The minimum atomic E-state index is -0.542. The molecule has 0 aliphatic carbocycles. The summed E-state index contributed by atoms with van der Waals surface area (Å²) in [5.74, 6) is -0.698. The first-order chi connectivity index (χ1) is 8.68. The van der Waals surface area contributed by atoms with E-state index in [4.69, 9.17) is 11.5 Å². The Morgan fingerprint density at radius 3 is 2.42 bits per heavy atom. The number of carbonyl (C=O) groups is 2. The van der Waals surface area contributed by atoms with Crippen LogP contribution in [0.4, 0.5) is 0 Å². The van der Waals surface area contributed by atoms with Gasteiger partial charge in [0.2, 0.25) is 5.91 Å². The van der Waals surface area contributed by atoms with Gasteiger partial charge in [0, 0.05) is 26.8 Å². The standard InChI is InChI=1S/C13H22N4O2/c1-13(2,7-14)8-17(4)12(19)10-5-9(11(15)18)6-16(10)3/h5-6H,7-8,14H2,1-4H3,(H2,15,18). The summed E-state index contributed by atoms with van der Waals surface area (Å²) >= 11 is 0. The number of hydrogen-bond donors (Lipinski definition) is 2. The third kappa shape index (κ3) is 3.57. The summed E-state index contributed by atoms with van der Waals surface area (Å²) in [6.07, 6.45) is 1.55. The molecule has 0 bridgehead atoms. The Balaban J connectivity index is 2.91. The number of amides is 2. The fourth-order valence-electron chi connectivity index (χ4n) is 1.89. The normalized spacial score (nSPS) is 11.4. The van der Waals surface area contributed by atoms with Gasteiger partial charge in [-0.3, -0.25) is 9.59 Å². The van der Waals surface area contributed by atoms with Gasteiger partial charge in [-0.1, -0.05) is 13.8 Å². The summed E-state index contributed by atoms with van der Waals surface area (Å²) in [5, 5.41) is 0. The van der Waals surface area contributed by atoms with Crippen LogP contribution in [0.25, 0.3) is 0 Å². The number of rotatable bonds is 5. The van der Waals surface area contributed by atoms with Gasteiger partial charge in [0.1, 0.15) is 5.69 Å². The predicted octanol–water partition coefficient (Wildman–Crippen LogP) is 0.181. The highest BCUT2D eigenvalue weighted by molar-refractivity contribution is 5.98. The van der Waals surface area contributed by atoms with Crippen LogP contribution in [0.1, 0.15) is 34.7 Å². The average Bonchev–Trinajstić information content (AvgIpc) is 2.70. The lowest BCUT2D eigenvalue weighted by molar-refractivity contribution is 0.0731. The molecule has 6 nitrogen and oxygen atoms in total. The quantitative estimate of drug-likeness (QED) is 0.796. The fraction of sp³-hybridized carbons (Fsp3) is 0.538. The summed E-state index contributed by atoms with van der Waals surface area (Å²) in [7, 11) is 3.43. The van der Waals surface area contributed by atoms with Crippen molar-refractivity contribution >= 4 is 11.8 Å². The summed E-state index contributed by atoms with van der Waals surface area (Å²) in [6.45, 7) is 5.02. The first-order valence-corrected chi connectivity index (χ1v) is 6.09. The highest BCUT2D eigenvalue weighted by Crippen LogP contribution is 2.16. The van der Waals surface area contributed by atoms with E-state index in [1.165, 1.54) is 6.07 Å². The summed E-state index contributed by atoms with van der Waals surface area (Å²) in [5.41, 5.74) is 11.5. The highest BCUT2D eigenvalue weighted by Gasteiger charge is 2.24. The molecule has 6 heteroatoms. The summed E-state index contributed by atoms with van der Waals surface area (Å²) in [6, 6.07) is 1.51. The second-order valence-electron chi connectivity index (χ2n) is 5.62. The van der Waals surface area contributed by atoms with Crippen molar-refractivity contribution in [3.63, 3.8) is 0 Å². The van der Waals surface area contributed by atoms with Gasteiger partial charge in [0.15, 0.2) is 0 Å². The van der Waals surface area contributed by atoms with Crippen LogP contribution in [0, 0.1) is 5.41 Å². The van der Waals surface area contributed by atoms with E-state index in [0.717, 1.165) is 0 Å². The number of hydrogen-bond acceptors (Lipinski definition) is 3. The maximum atomic E-state index is 12.3. The Morgan fingerprint density at radius 2 is 2.00 bits per heavy atom. The lowest BCUT2D eigenvalue weighted by atomic mass is 9.93. The molecule has 0 aliphatic rings. The molecule has 106 valence electrons. The lowest BCUT2D eigenvalue weighted by Crippen LogP contribution is -2.40. The van der Waals surface area contributed by atoms with Crippen LogP contribution in [0.5, 0.6) is 0 Å². The number of carbonyl (C=O) groups excluding carboxylic acids is 2. The number of nitrogens with zero attached hydrogens (tertiary/aromatic N) is 2. The van der Waals surface area contributed by atoms with Crippen molar-refractivity contribution in [1.29, 1.82) is 0 Å². The predicted molar refractivity (Wildman–Crippen MR) is 73.7 cm³/mol. The van der Waals surface area contributed by atoms with Crippen molar-refractivity contribution in [2.45, 2.75) is 13.8 Å². The zero-order chi connectivity index (χ0) is 14.8. The number of aryl methyl sites for hydroxylation is 1. The van der Waals surface area contributed by atoms with E-state index >= 15 is 0 Å². The zero-order valence-electron chi connectivity index (χ0n) is 11.9. The van der Waals surface area contributed by atoms with Crippen molar-refractivity contribution in [3.05, 3.63) is 23.5 Å². The molecule has 1 aromatic rings. The maximum absolute atomic E-state index is 12.3. The van der Waals surface area contributed by atoms with Crippen LogP contribution < -0.4 is 11.5 Å². The Labute approximate surface area is 113 Å². The highest BCUT2D eigenvalue weighted by atomic mass is 16.2. The lowest BCUT2D eigenvalue weighted by Gasteiger charge is -2.29. The molecule has 1 heterocycles.